The van der Waals surface area contributed by atoms with Crippen molar-refractivity contribution in [3.63, 3.8) is 0 Å². The van der Waals surface area contributed by atoms with Crippen molar-refractivity contribution in [3.8, 4) is 17.2 Å². The molecule has 0 amide bonds. The van der Waals surface area contributed by atoms with Gasteiger partial charge in [-0.2, -0.15) is 0 Å². The number of methoxy groups -OCH3 is 2. The summed E-state index contributed by atoms with van der Waals surface area (Å²) in [7, 11) is 3.09. The van der Waals surface area contributed by atoms with Crippen molar-refractivity contribution in [3.05, 3.63) is 92.2 Å². The molecule has 8 nitrogen and oxygen atoms in total. The fourth-order valence-electron chi connectivity index (χ4n) is 4.22. The zero-order valence-electron chi connectivity index (χ0n) is 21.7. The summed E-state index contributed by atoms with van der Waals surface area (Å²) < 4.78 is 25.9. The number of aromatic nitrogens is 1. The average molecular weight is 772 g/mol. The van der Waals surface area contributed by atoms with Gasteiger partial charge in [0.1, 0.15) is 12.4 Å². The lowest BCUT2D eigenvalue weighted by Gasteiger charge is -2.25. The van der Waals surface area contributed by atoms with Crippen molar-refractivity contribution in [1.82, 2.24) is 4.57 Å². The molecule has 0 saturated carbocycles. The SMILES string of the molecule is C=CCOc1c(I)cc(/C=c2\sc3n(c2=O)C(c2ccc(OC)c(OC)c2)C(C(=O)OCC)=C(C)N=3)cc1I. The number of allylic oxidation sites excluding steroid dienone is 1. The summed E-state index contributed by atoms with van der Waals surface area (Å²) in [4.78, 5) is 32.2. The number of nitrogens with zero attached hydrogens (tertiary/aromatic N) is 2. The molecule has 0 fully saturated rings. The van der Waals surface area contributed by atoms with E-state index in [0.717, 1.165) is 18.5 Å². The first-order chi connectivity index (χ1) is 18.7. The number of hydrogen-bond donors (Lipinski definition) is 0. The molecule has 1 atom stereocenters. The number of carbonyl (C=O) groups excluding carboxylic acids is 1. The highest BCUT2D eigenvalue weighted by molar-refractivity contribution is 14.1. The van der Waals surface area contributed by atoms with E-state index in [1.165, 1.54) is 18.4 Å². The standard InChI is InChI=1S/C28H26I2N2O6S/c1-6-10-38-25-18(29)11-16(12-19(25)30)13-22-26(33)32-24(17-8-9-20(35-4)21(14-17)36-5)23(27(34)37-7-2)15(3)31-28(32)39-22/h6,8-9,11-14,24H,1,7,10H2,2-5H3/b22-13-. The van der Waals surface area contributed by atoms with E-state index in [-0.39, 0.29) is 12.2 Å². The molecule has 0 radical (unpaired) electrons. The van der Waals surface area contributed by atoms with Crippen LogP contribution >= 0.6 is 56.5 Å². The second kappa shape index (κ2) is 12.7. The Morgan fingerprint density at radius 2 is 1.85 bits per heavy atom. The van der Waals surface area contributed by atoms with Gasteiger partial charge >= 0.3 is 5.97 Å². The number of benzene rings is 2. The number of rotatable bonds is 9. The molecule has 1 unspecified atom stereocenters. The van der Waals surface area contributed by atoms with E-state index in [9.17, 15) is 9.59 Å². The van der Waals surface area contributed by atoms with Crippen LogP contribution in [0.15, 0.2) is 64.0 Å². The second-order valence-electron chi connectivity index (χ2n) is 8.33. The first kappa shape index (κ1) is 29.3. The van der Waals surface area contributed by atoms with Gasteiger partial charge in [-0.1, -0.05) is 30.1 Å². The van der Waals surface area contributed by atoms with E-state index in [1.54, 1.807) is 43.7 Å². The van der Waals surface area contributed by atoms with Crippen molar-refractivity contribution in [2.24, 2.45) is 4.99 Å². The number of carbonyl (C=O) groups is 1. The van der Waals surface area contributed by atoms with E-state index >= 15 is 0 Å². The lowest BCUT2D eigenvalue weighted by atomic mass is 9.95. The summed E-state index contributed by atoms with van der Waals surface area (Å²) in [5, 5.41) is 0. The van der Waals surface area contributed by atoms with Crippen LogP contribution in [0.4, 0.5) is 0 Å². The number of halogens is 2. The predicted octanol–water partition coefficient (Wildman–Crippen LogP) is 4.59. The molecule has 0 saturated heterocycles. The fourth-order valence-corrected chi connectivity index (χ4v) is 7.40. The van der Waals surface area contributed by atoms with Crippen molar-refractivity contribution in [2.75, 3.05) is 27.4 Å². The van der Waals surface area contributed by atoms with E-state index in [4.69, 9.17) is 18.9 Å². The Labute approximate surface area is 256 Å². The van der Waals surface area contributed by atoms with Crippen molar-refractivity contribution >= 4 is 68.6 Å². The molecule has 2 heterocycles. The van der Waals surface area contributed by atoms with Crippen molar-refractivity contribution < 1.29 is 23.7 Å². The minimum absolute atomic E-state index is 0.197. The van der Waals surface area contributed by atoms with Gasteiger partial charge in [0.15, 0.2) is 16.3 Å². The minimum atomic E-state index is -0.753. The van der Waals surface area contributed by atoms with Crippen LogP contribution in [0.1, 0.15) is 31.0 Å². The smallest absolute Gasteiger partial charge is 0.338 e. The van der Waals surface area contributed by atoms with E-state index in [2.05, 4.69) is 56.8 Å². The maximum Gasteiger partial charge on any atom is 0.338 e. The maximum atomic E-state index is 13.9. The molecule has 0 aliphatic carbocycles. The molecule has 1 aliphatic heterocycles. The molecule has 2 aromatic carbocycles. The van der Waals surface area contributed by atoms with E-state index < -0.39 is 12.0 Å². The number of ether oxygens (including phenoxy) is 4. The van der Waals surface area contributed by atoms with Crippen LogP contribution in [-0.2, 0) is 9.53 Å². The largest absolute Gasteiger partial charge is 0.493 e. The summed E-state index contributed by atoms with van der Waals surface area (Å²) in [6, 6.07) is 8.50. The highest BCUT2D eigenvalue weighted by Crippen LogP contribution is 2.36. The lowest BCUT2D eigenvalue weighted by Crippen LogP contribution is -2.40. The van der Waals surface area contributed by atoms with E-state index in [1.807, 2.05) is 24.3 Å². The van der Waals surface area contributed by atoms with Crippen LogP contribution in [0.25, 0.3) is 6.08 Å². The number of thiazole rings is 1. The Kier molecular flexibility index (Phi) is 9.54. The zero-order chi connectivity index (χ0) is 28.3. The molecular formula is C28H26I2N2O6S. The Morgan fingerprint density at radius 1 is 1.15 bits per heavy atom. The van der Waals surface area contributed by atoms with Gasteiger partial charge in [-0.3, -0.25) is 9.36 Å². The Morgan fingerprint density at radius 3 is 2.46 bits per heavy atom. The van der Waals surface area contributed by atoms with Gasteiger partial charge in [-0.05, 0) is 100 Å². The number of esters is 1. The molecule has 0 spiro atoms. The normalized spacial score (nSPS) is 14.9. The molecule has 4 rings (SSSR count). The second-order valence-corrected chi connectivity index (χ2v) is 11.7. The van der Waals surface area contributed by atoms with Crippen LogP contribution in [0.5, 0.6) is 17.2 Å². The quantitative estimate of drug-likeness (QED) is 0.180. The van der Waals surface area contributed by atoms with Crippen LogP contribution in [0.3, 0.4) is 0 Å². The Balaban J connectivity index is 1.92. The van der Waals surface area contributed by atoms with Crippen molar-refractivity contribution in [1.29, 1.82) is 0 Å². The Bertz CT molecular complexity index is 1630. The van der Waals surface area contributed by atoms with Gasteiger partial charge in [-0.25, -0.2) is 9.79 Å². The third-order valence-electron chi connectivity index (χ3n) is 5.90. The first-order valence-corrected chi connectivity index (χ1v) is 14.9. The monoisotopic (exact) mass is 772 g/mol. The zero-order valence-corrected chi connectivity index (χ0v) is 26.9. The summed E-state index contributed by atoms with van der Waals surface area (Å²) in [6.07, 6.45) is 3.53. The van der Waals surface area contributed by atoms with Crippen molar-refractivity contribution in [2.45, 2.75) is 19.9 Å². The third kappa shape index (κ3) is 5.94. The number of hydrogen-bond acceptors (Lipinski definition) is 8. The third-order valence-corrected chi connectivity index (χ3v) is 8.49. The maximum absolute atomic E-state index is 13.9. The van der Waals surface area contributed by atoms with Gasteiger partial charge in [0.2, 0.25) is 0 Å². The highest BCUT2D eigenvalue weighted by Gasteiger charge is 2.34. The molecule has 11 heteroatoms. The molecule has 1 aromatic heterocycles. The fraction of sp³-hybridized carbons (Fsp3) is 0.250. The number of fused-ring (bicyclic) bond motifs is 1. The van der Waals surface area contributed by atoms with Gasteiger partial charge in [0.05, 0.1) is 49.8 Å². The molecule has 39 heavy (non-hydrogen) atoms. The van der Waals surface area contributed by atoms with Crippen LogP contribution in [0.2, 0.25) is 0 Å². The topological polar surface area (TPSA) is 88.3 Å². The molecule has 204 valence electrons. The summed E-state index contributed by atoms with van der Waals surface area (Å²) in [5.74, 6) is 1.28. The lowest BCUT2D eigenvalue weighted by molar-refractivity contribution is -0.139. The van der Waals surface area contributed by atoms with Gasteiger partial charge in [0.25, 0.3) is 5.56 Å². The average Bonchev–Trinajstić information content (AvgIpc) is 3.21. The summed E-state index contributed by atoms with van der Waals surface area (Å²) >= 11 is 5.71. The minimum Gasteiger partial charge on any atom is -0.493 e. The van der Waals surface area contributed by atoms with Crippen LogP contribution in [-0.4, -0.2) is 38.0 Å². The van der Waals surface area contributed by atoms with Crippen LogP contribution in [0, 0.1) is 7.14 Å². The molecule has 1 aliphatic rings. The highest BCUT2D eigenvalue weighted by atomic mass is 127. The van der Waals surface area contributed by atoms with Gasteiger partial charge in [0, 0.05) is 0 Å². The molecule has 0 bridgehead atoms. The van der Waals surface area contributed by atoms with Crippen LogP contribution < -0.4 is 29.1 Å². The Hall–Kier alpha value is -2.65. The van der Waals surface area contributed by atoms with Gasteiger partial charge < -0.3 is 18.9 Å². The first-order valence-electron chi connectivity index (χ1n) is 11.9. The van der Waals surface area contributed by atoms with E-state index in [0.29, 0.717) is 44.3 Å². The summed E-state index contributed by atoms with van der Waals surface area (Å²) in [6.45, 7) is 7.80. The molecule has 0 N–H and O–H groups in total. The molecule has 3 aromatic rings. The van der Waals surface area contributed by atoms with Gasteiger partial charge in [-0.15, -0.1) is 0 Å². The molecular weight excluding hydrogens is 746 g/mol. The summed E-state index contributed by atoms with van der Waals surface area (Å²) in [5.41, 5.74) is 2.06. The predicted molar refractivity (Wildman–Crippen MR) is 168 cm³/mol.